The number of hydrogen-bond donors (Lipinski definition) is 2. The minimum absolute atomic E-state index is 0.142. The Kier molecular flexibility index (Phi) is 5.22. The number of methoxy groups -OCH3 is 1. The Balaban J connectivity index is 2.67. The number of nitrogens with two attached hydrogens (primary N) is 1. The molecule has 0 aromatic heterocycles. The molecule has 4 nitrogen and oxygen atoms in total. The lowest BCUT2D eigenvalue weighted by molar-refractivity contribution is -0.122. The van der Waals surface area contributed by atoms with Crippen molar-refractivity contribution in [3.63, 3.8) is 0 Å². The zero-order valence-corrected chi connectivity index (χ0v) is 10.6. The molecule has 96 valence electrons. The molecule has 0 radical (unpaired) electrons. The molecule has 1 rings (SSSR count). The van der Waals surface area contributed by atoms with Crippen molar-refractivity contribution in [2.45, 2.75) is 25.4 Å². The molecule has 0 saturated carbocycles. The molecule has 18 heavy (non-hydrogen) atoms. The zero-order valence-electron chi connectivity index (χ0n) is 10.6. The molecule has 0 aliphatic heterocycles. The van der Waals surface area contributed by atoms with E-state index >= 15 is 0 Å². The predicted molar refractivity (Wildman–Crippen MR) is 71.0 cm³/mol. The second kappa shape index (κ2) is 6.67. The molecule has 0 heterocycles. The number of carbonyl (C=O) groups excluding carboxylic acids is 1. The lowest BCUT2D eigenvalue weighted by atomic mass is 10.1. The van der Waals surface area contributed by atoms with Gasteiger partial charge >= 0.3 is 0 Å². The maximum Gasteiger partial charge on any atom is 0.238 e. The maximum absolute atomic E-state index is 11.7. The maximum atomic E-state index is 11.7. The lowest BCUT2D eigenvalue weighted by Crippen LogP contribution is -2.41. The average Bonchev–Trinajstić information content (AvgIpc) is 2.39. The Morgan fingerprint density at radius 2 is 2.33 bits per heavy atom. The molecule has 2 atom stereocenters. The Labute approximate surface area is 108 Å². The van der Waals surface area contributed by atoms with Crippen LogP contribution < -0.4 is 15.8 Å². The summed E-state index contributed by atoms with van der Waals surface area (Å²) in [6.07, 6.45) is 5.35. The van der Waals surface area contributed by atoms with Crippen LogP contribution in [0, 0.1) is 12.3 Å². The van der Waals surface area contributed by atoms with Gasteiger partial charge in [0.2, 0.25) is 5.91 Å². The highest BCUT2D eigenvalue weighted by molar-refractivity contribution is 5.82. The topological polar surface area (TPSA) is 64.4 Å². The normalized spacial score (nSPS) is 13.2. The zero-order chi connectivity index (χ0) is 13.5. The highest BCUT2D eigenvalue weighted by Crippen LogP contribution is 2.18. The summed E-state index contributed by atoms with van der Waals surface area (Å²) in [5.74, 6) is 2.88. The van der Waals surface area contributed by atoms with Crippen LogP contribution in [0.15, 0.2) is 24.3 Å². The highest BCUT2D eigenvalue weighted by Gasteiger charge is 2.15. The van der Waals surface area contributed by atoms with Crippen molar-refractivity contribution in [3.8, 4) is 18.1 Å². The summed E-state index contributed by atoms with van der Waals surface area (Å²) >= 11 is 0. The van der Waals surface area contributed by atoms with Gasteiger partial charge in [-0.25, -0.2) is 0 Å². The van der Waals surface area contributed by atoms with Crippen LogP contribution in [0.4, 0.5) is 0 Å². The van der Waals surface area contributed by atoms with Crippen LogP contribution in [0.1, 0.15) is 24.9 Å². The molecule has 0 saturated heterocycles. The molecule has 3 N–H and O–H groups in total. The first kappa shape index (κ1) is 14.1. The molecule has 4 heteroatoms. The number of benzene rings is 1. The van der Waals surface area contributed by atoms with Gasteiger partial charge < -0.3 is 15.8 Å². The van der Waals surface area contributed by atoms with Gasteiger partial charge in [0.1, 0.15) is 5.75 Å². The first-order chi connectivity index (χ1) is 8.58. The summed E-state index contributed by atoms with van der Waals surface area (Å²) in [5, 5.41) is 2.82. The number of carbonyl (C=O) groups is 1. The van der Waals surface area contributed by atoms with Crippen molar-refractivity contribution >= 4 is 5.91 Å². The van der Waals surface area contributed by atoms with E-state index in [1.807, 2.05) is 31.2 Å². The number of rotatable bonds is 5. The second-order valence-corrected chi connectivity index (χ2v) is 4.02. The first-order valence-corrected chi connectivity index (χ1v) is 5.72. The third-order valence-electron chi connectivity index (χ3n) is 2.63. The van der Waals surface area contributed by atoms with E-state index in [9.17, 15) is 4.79 Å². The summed E-state index contributed by atoms with van der Waals surface area (Å²) in [7, 11) is 1.60. The average molecular weight is 246 g/mol. The largest absolute Gasteiger partial charge is 0.497 e. The molecular formula is C14H18N2O2. The van der Waals surface area contributed by atoms with Gasteiger partial charge in [-0.2, -0.15) is 0 Å². The Bertz CT molecular complexity index is 451. The molecule has 1 aromatic carbocycles. The van der Waals surface area contributed by atoms with Crippen molar-refractivity contribution < 1.29 is 9.53 Å². The fraction of sp³-hybridized carbons (Fsp3) is 0.357. The van der Waals surface area contributed by atoms with E-state index in [-0.39, 0.29) is 18.4 Å². The van der Waals surface area contributed by atoms with Crippen molar-refractivity contribution in [1.82, 2.24) is 5.32 Å². The summed E-state index contributed by atoms with van der Waals surface area (Å²) < 4.78 is 5.13. The van der Waals surface area contributed by atoms with E-state index in [1.54, 1.807) is 7.11 Å². The number of nitrogens with one attached hydrogen (secondary N) is 1. The SMILES string of the molecule is C#CCC(N)C(=O)NC(C)c1cccc(OC)c1. The fourth-order valence-electron chi connectivity index (χ4n) is 1.53. The van der Waals surface area contributed by atoms with Gasteiger partial charge in [0.15, 0.2) is 0 Å². The van der Waals surface area contributed by atoms with E-state index < -0.39 is 6.04 Å². The van der Waals surface area contributed by atoms with Gasteiger partial charge in [-0.1, -0.05) is 12.1 Å². The summed E-state index contributed by atoms with van der Waals surface area (Å²) in [6.45, 7) is 1.88. The van der Waals surface area contributed by atoms with E-state index in [1.165, 1.54) is 0 Å². The van der Waals surface area contributed by atoms with Crippen LogP contribution in [0.2, 0.25) is 0 Å². The van der Waals surface area contributed by atoms with E-state index in [0.717, 1.165) is 11.3 Å². The van der Waals surface area contributed by atoms with Crippen molar-refractivity contribution in [2.24, 2.45) is 5.73 Å². The standard InChI is InChI=1S/C14H18N2O2/c1-4-6-13(15)14(17)16-10(2)11-7-5-8-12(9-11)18-3/h1,5,7-10,13H,6,15H2,2-3H3,(H,16,17). The summed E-state index contributed by atoms with van der Waals surface area (Å²) in [5.41, 5.74) is 6.59. The van der Waals surface area contributed by atoms with Gasteiger partial charge in [-0.3, -0.25) is 4.79 Å². The van der Waals surface area contributed by atoms with Crippen molar-refractivity contribution in [1.29, 1.82) is 0 Å². The van der Waals surface area contributed by atoms with Crippen LogP contribution in [0.3, 0.4) is 0 Å². The number of hydrogen-bond acceptors (Lipinski definition) is 3. The van der Waals surface area contributed by atoms with E-state index in [0.29, 0.717) is 0 Å². The molecule has 0 fully saturated rings. The summed E-state index contributed by atoms with van der Waals surface area (Å²) in [6, 6.07) is 6.71. The predicted octanol–water partition coefficient (Wildman–Crippen LogP) is 1.22. The highest BCUT2D eigenvalue weighted by atomic mass is 16.5. The molecule has 1 aromatic rings. The Morgan fingerprint density at radius 1 is 1.61 bits per heavy atom. The monoisotopic (exact) mass is 246 g/mol. The van der Waals surface area contributed by atoms with Crippen molar-refractivity contribution in [3.05, 3.63) is 29.8 Å². The Hall–Kier alpha value is -1.99. The molecule has 0 aliphatic carbocycles. The molecule has 0 aliphatic rings. The molecule has 0 bridgehead atoms. The van der Waals surface area contributed by atoms with Gasteiger partial charge in [0.25, 0.3) is 0 Å². The molecular weight excluding hydrogens is 228 g/mol. The van der Waals surface area contributed by atoms with E-state index in [4.69, 9.17) is 16.9 Å². The molecule has 2 unspecified atom stereocenters. The molecule has 1 amide bonds. The third kappa shape index (κ3) is 3.79. The Morgan fingerprint density at radius 3 is 2.94 bits per heavy atom. The van der Waals surface area contributed by atoms with Crippen LogP contribution in [-0.4, -0.2) is 19.1 Å². The van der Waals surface area contributed by atoms with Crippen LogP contribution >= 0.6 is 0 Å². The van der Waals surface area contributed by atoms with Crippen LogP contribution in [0.25, 0.3) is 0 Å². The minimum Gasteiger partial charge on any atom is -0.497 e. The number of amides is 1. The smallest absolute Gasteiger partial charge is 0.238 e. The fourth-order valence-corrected chi connectivity index (χ4v) is 1.53. The quantitative estimate of drug-likeness (QED) is 0.768. The number of terminal acetylenes is 1. The van der Waals surface area contributed by atoms with Crippen LogP contribution in [0.5, 0.6) is 5.75 Å². The third-order valence-corrected chi connectivity index (χ3v) is 2.63. The molecule has 0 spiro atoms. The first-order valence-electron chi connectivity index (χ1n) is 5.72. The lowest BCUT2D eigenvalue weighted by Gasteiger charge is -2.17. The van der Waals surface area contributed by atoms with Crippen LogP contribution in [-0.2, 0) is 4.79 Å². The van der Waals surface area contributed by atoms with Gasteiger partial charge in [-0.05, 0) is 24.6 Å². The van der Waals surface area contributed by atoms with Gasteiger partial charge in [0, 0.05) is 6.42 Å². The number of ether oxygens (including phenoxy) is 1. The van der Waals surface area contributed by atoms with Gasteiger partial charge in [-0.15, -0.1) is 12.3 Å². The van der Waals surface area contributed by atoms with Gasteiger partial charge in [0.05, 0.1) is 19.2 Å². The van der Waals surface area contributed by atoms with Crippen molar-refractivity contribution in [2.75, 3.05) is 7.11 Å². The second-order valence-electron chi connectivity index (χ2n) is 4.02. The summed E-state index contributed by atoms with van der Waals surface area (Å²) in [4.78, 5) is 11.7. The minimum atomic E-state index is -0.664. The van der Waals surface area contributed by atoms with E-state index in [2.05, 4.69) is 11.2 Å².